The van der Waals surface area contributed by atoms with Gasteiger partial charge in [0.2, 0.25) is 0 Å². The fraction of sp³-hybridized carbons (Fsp3) is 0.300. The number of nitro benzene ring substituents is 2. The number of anilines is 1. The summed E-state index contributed by atoms with van der Waals surface area (Å²) in [6.07, 6.45) is -9.28. The van der Waals surface area contributed by atoms with E-state index < -0.39 is 44.7 Å². The van der Waals surface area contributed by atoms with Crippen molar-refractivity contribution in [2.75, 3.05) is 18.0 Å². The van der Waals surface area contributed by atoms with Gasteiger partial charge in [0.25, 0.3) is 11.4 Å². The van der Waals surface area contributed by atoms with Gasteiger partial charge in [-0.05, 0) is 13.8 Å². The molecule has 0 N–H and O–H groups in total. The molecule has 0 amide bonds. The van der Waals surface area contributed by atoms with Crippen LogP contribution in [0.4, 0.5) is 43.4 Å². The molecule has 0 spiro atoms. The van der Waals surface area contributed by atoms with E-state index in [-0.39, 0.29) is 24.5 Å². The lowest BCUT2D eigenvalue weighted by Crippen LogP contribution is -2.23. The van der Waals surface area contributed by atoms with Crippen LogP contribution >= 0.6 is 69.8 Å². The first-order valence-electron chi connectivity index (χ1n) is 10.4. The quantitative estimate of drug-likeness (QED) is 0.0907. The summed E-state index contributed by atoms with van der Waals surface area (Å²) in [5, 5.41) is 21.8. The Hall–Kier alpha value is -2.32. The Kier molecular flexibility index (Phi) is 9.33. The summed E-state index contributed by atoms with van der Waals surface area (Å²) in [6, 6.07) is 2.27. The van der Waals surface area contributed by atoms with Gasteiger partial charge in [-0.25, -0.2) is 0 Å². The van der Waals surface area contributed by atoms with Crippen LogP contribution in [-0.2, 0) is 12.4 Å². The summed E-state index contributed by atoms with van der Waals surface area (Å²) in [7, 11) is 0. The molecule has 4 aromatic rings. The van der Waals surface area contributed by atoms with Crippen molar-refractivity contribution in [2.45, 2.75) is 26.2 Å². The van der Waals surface area contributed by atoms with Crippen LogP contribution in [0.15, 0.2) is 18.2 Å². The molecule has 0 saturated heterocycles. The van der Waals surface area contributed by atoms with Gasteiger partial charge in [0, 0.05) is 31.3 Å². The smallest absolute Gasteiger partial charge is 0.365 e. The predicted octanol–water partition coefficient (Wildman–Crippen LogP) is 10.1. The lowest BCUT2D eigenvalue weighted by atomic mass is 10.1. The van der Waals surface area contributed by atoms with Crippen LogP contribution in [0.2, 0.25) is 0 Å². The minimum absolute atomic E-state index is 0.0324. The molecular formula is C20H13F6N3O4S6. The second-order valence-corrected chi connectivity index (χ2v) is 13.8. The second-order valence-electron chi connectivity index (χ2n) is 7.36. The van der Waals surface area contributed by atoms with Crippen molar-refractivity contribution in [3.8, 4) is 0 Å². The van der Waals surface area contributed by atoms with E-state index >= 15 is 0 Å². The Morgan fingerprint density at radius 1 is 0.769 bits per heavy atom. The van der Waals surface area contributed by atoms with Crippen molar-refractivity contribution in [1.82, 2.24) is 0 Å². The molecule has 0 radical (unpaired) electrons. The summed E-state index contributed by atoms with van der Waals surface area (Å²) in [5.41, 5.74) is -2.89. The van der Waals surface area contributed by atoms with Crippen LogP contribution in [-0.4, -0.2) is 22.9 Å². The summed E-state index contributed by atoms with van der Waals surface area (Å²) >= 11 is 13.4. The number of halogens is 6. The molecule has 39 heavy (non-hydrogen) atoms. The number of hydrogen-bond donors (Lipinski definition) is 0. The van der Waals surface area contributed by atoms with E-state index in [4.69, 9.17) is 24.4 Å². The molecule has 19 heteroatoms. The highest BCUT2D eigenvalue weighted by Crippen LogP contribution is 2.48. The minimum Gasteiger partial charge on any atom is -0.365 e. The summed E-state index contributed by atoms with van der Waals surface area (Å²) in [5.74, 6) is 0. The molecule has 2 aromatic heterocycles. The Balaban J connectivity index is 0.000000223. The largest absolute Gasteiger partial charge is 0.418 e. The fourth-order valence-corrected chi connectivity index (χ4v) is 8.86. The predicted molar refractivity (Wildman–Crippen MR) is 148 cm³/mol. The zero-order chi connectivity index (χ0) is 29.4. The highest BCUT2D eigenvalue weighted by atomic mass is 32.2. The first-order chi connectivity index (χ1) is 18.0. The van der Waals surface area contributed by atoms with E-state index in [1.165, 1.54) is 0 Å². The van der Waals surface area contributed by atoms with Crippen LogP contribution in [0.1, 0.15) is 25.0 Å². The number of alkyl halides is 6. The molecule has 0 aliphatic heterocycles. The lowest BCUT2D eigenvalue weighted by molar-refractivity contribution is -0.385. The number of hydrogen-bond acceptors (Lipinski definition) is 11. The van der Waals surface area contributed by atoms with Gasteiger partial charge >= 0.3 is 12.4 Å². The van der Waals surface area contributed by atoms with Gasteiger partial charge in [-0.2, -0.15) is 26.3 Å². The molecule has 4 rings (SSSR count). The van der Waals surface area contributed by atoms with E-state index in [0.717, 1.165) is 51.4 Å². The Bertz CT molecular complexity index is 1680. The van der Waals surface area contributed by atoms with Crippen molar-refractivity contribution in [1.29, 1.82) is 0 Å². The molecule has 7 nitrogen and oxygen atoms in total. The van der Waals surface area contributed by atoms with Crippen LogP contribution < -0.4 is 4.90 Å². The number of nitrogens with zero attached hydrogens (tertiary/aromatic N) is 3. The fourth-order valence-electron chi connectivity index (χ4n) is 3.47. The highest BCUT2D eigenvalue weighted by Gasteiger charge is 2.38. The lowest BCUT2D eigenvalue weighted by Gasteiger charge is -2.22. The number of rotatable bonds is 5. The zero-order valence-electron chi connectivity index (χ0n) is 19.3. The topological polar surface area (TPSA) is 89.5 Å². The maximum atomic E-state index is 13.2. The molecule has 0 unspecified atom stereocenters. The van der Waals surface area contributed by atoms with Crippen molar-refractivity contribution < 1.29 is 36.2 Å². The van der Waals surface area contributed by atoms with E-state index in [1.54, 1.807) is 18.7 Å². The van der Waals surface area contributed by atoms with Crippen LogP contribution in [0.5, 0.6) is 0 Å². The minimum atomic E-state index is -4.66. The average Bonchev–Trinajstić information content (AvgIpc) is 3.38. The molecular weight excluding hydrogens is 653 g/mol. The Morgan fingerprint density at radius 3 is 1.74 bits per heavy atom. The Labute approximate surface area is 240 Å². The summed E-state index contributed by atoms with van der Waals surface area (Å²) < 4.78 is 78.8. The van der Waals surface area contributed by atoms with E-state index in [0.29, 0.717) is 31.5 Å². The third kappa shape index (κ3) is 6.71. The van der Waals surface area contributed by atoms with Gasteiger partial charge in [-0.15, -0.1) is 45.3 Å². The molecule has 2 heterocycles. The maximum absolute atomic E-state index is 13.2. The average molecular weight is 666 g/mol. The van der Waals surface area contributed by atoms with Crippen molar-refractivity contribution in [2.24, 2.45) is 0 Å². The monoisotopic (exact) mass is 665 g/mol. The molecule has 2 aromatic carbocycles. The molecule has 0 aliphatic rings. The number of nitro groups is 2. The van der Waals surface area contributed by atoms with Crippen LogP contribution in [0.25, 0.3) is 18.8 Å². The standard InChI is InChI=1S/C12H11F3N2O2S3.C8H2F3NO2S3/c1-3-16(4-2)8-7(17(18)19)5-6(12(13,14)15)9-10(8)22-11(20)21-9;9-8(10,11)4-1-3(12(13)14)2-5-6(4)17-7(15)16-5/h5H,3-4H2,1-2H3;1-2H. The van der Waals surface area contributed by atoms with E-state index in [1.807, 2.05) is 0 Å². The Morgan fingerprint density at radius 2 is 1.26 bits per heavy atom. The van der Waals surface area contributed by atoms with Crippen LogP contribution in [0.3, 0.4) is 0 Å². The van der Waals surface area contributed by atoms with Crippen molar-refractivity contribution in [3.63, 3.8) is 0 Å². The van der Waals surface area contributed by atoms with Gasteiger partial charge in [-0.3, -0.25) is 20.2 Å². The van der Waals surface area contributed by atoms with Gasteiger partial charge < -0.3 is 4.90 Å². The van der Waals surface area contributed by atoms with Gasteiger partial charge in [0.1, 0.15) is 12.0 Å². The summed E-state index contributed by atoms with van der Waals surface area (Å²) in [4.78, 5) is 21.9. The van der Waals surface area contributed by atoms with Gasteiger partial charge in [0.15, 0.2) is 0 Å². The highest BCUT2D eigenvalue weighted by molar-refractivity contribution is 7.77. The normalized spacial score (nSPS) is 11.9. The SMILES string of the molecule is CCN(CC)c1c([N+](=O)[O-])cc(C(F)(F)F)c2sc(=S)sc12.O=[N+]([O-])c1cc(C(F)(F)F)c2sc(=S)sc2c1. The molecule has 0 fully saturated rings. The molecule has 210 valence electrons. The summed E-state index contributed by atoms with van der Waals surface area (Å²) in [6.45, 7) is 4.49. The molecule has 0 bridgehead atoms. The van der Waals surface area contributed by atoms with Crippen LogP contribution in [0, 0.1) is 26.5 Å². The number of fused-ring (bicyclic) bond motifs is 2. The molecule has 0 aliphatic carbocycles. The van der Waals surface area contributed by atoms with Gasteiger partial charge in [0.05, 0.1) is 39.8 Å². The first-order valence-corrected chi connectivity index (χ1v) is 14.4. The third-order valence-electron chi connectivity index (χ3n) is 5.08. The zero-order valence-corrected chi connectivity index (χ0v) is 24.2. The van der Waals surface area contributed by atoms with Crippen molar-refractivity contribution >= 4 is 106 Å². The van der Waals surface area contributed by atoms with Crippen molar-refractivity contribution in [3.05, 3.63) is 55.8 Å². The maximum Gasteiger partial charge on any atom is 0.418 e. The third-order valence-corrected chi connectivity index (χ3v) is 10.4. The second kappa shape index (κ2) is 11.7. The molecule has 0 atom stereocenters. The van der Waals surface area contributed by atoms with Gasteiger partial charge in [-0.1, -0.05) is 24.4 Å². The number of benzene rings is 2. The van der Waals surface area contributed by atoms with E-state index in [9.17, 15) is 46.6 Å². The molecule has 0 saturated carbocycles. The first kappa shape index (κ1) is 31.2. The number of non-ortho nitro benzene ring substituents is 1. The van der Waals surface area contributed by atoms with E-state index in [2.05, 4.69) is 0 Å².